The molecule has 0 amide bonds. The molecule has 0 radical (unpaired) electrons. The highest BCUT2D eigenvalue weighted by molar-refractivity contribution is 5.15. The highest BCUT2D eigenvalue weighted by Crippen LogP contribution is 2.69. The third-order valence-electron chi connectivity index (χ3n) is 14.1. The van der Waals surface area contributed by atoms with Crippen molar-refractivity contribution < 1.29 is 18.9 Å². The van der Waals surface area contributed by atoms with E-state index >= 15 is 0 Å². The van der Waals surface area contributed by atoms with Crippen LogP contribution in [0, 0.1) is 46.3 Å². The molecule has 48 heavy (non-hydrogen) atoms. The first-order chi connectivity index (χ1) is 23.3. The summed E-state index contributed by atoms with van der Waals surface area (Å²) >= 11 is 0. The van der Waals surface area contributed by atoms with Crippen molar-refractivity contribution in [2.75, 3.05) is 52.7 Å². The molecule has 4 fully saturated rings. The normalized spacial score (nSPS) is 36.8. The Bertz CT molecular complexity index is 879. The zero-order valence-corrected chi connectivity index (χ0v) is 31.9. The maximum Gasteiger partial charge on any atom is 0.0637 e. The Morgan fingerprint density at radius 3 is 2.06 bits per heavy atom. The van der Waals surface area contributed by atoms with Gasteiger partial charge in [-0.05, 0) is 144 Å². The minimum atomic E-state index is 0.162. The number of ether oxygens (including phenoxy) is 4. The van der Waals surface area contributed by atoms with Gasteiger partial charge in [-0.3, -0.25) is 0 Å². The van der Waals surface area contributed by atoms with Gasteiger partial charge in [0.05, 0.1) is 18.3 Å². The molecule has 4 aliphatic rings. The largest absolute Gasteiger partial charge is 0.381 e. The van der Waals surface area contributed by atoms with Crippen molar-refractivity contribution in [1.82, 2.24) is 0 Å². The molecule has 0 saturated heterocycles. The number of rotatable bonds is 24. The van der Waals surface area contributed by atoms with Crippen LogP contribution in [0.4, 0.5) is 0 Å². The minimum Gasteiger partial charge on any atom is -0.381 e. The summed E-state index contributed by atoms with van der Waals surface area (Å²) in [5, 5.41) is 0. The summed E-state index contributed by atoms with van der Waals surface area (Å²) in [7, 11) is 0. The summed E-state index contributed by atoms with van der Waals surface area (Å²) in [5.74, 6) is 3.81. The topological polar surface area (TPSA) is 115 Å². The van der Waals surface area contributed by atoms with Crippen molar-refractivity contribution in [2.45, 2.75) is 162 Å². The van der Waals surface area contributed by atoms with E-state index in [1.807, 2.05) is 0 Å². The fourth-order valence-electron chi connectivity index (χ4n) is 11.4. The lowest BCUT2D eigenvalue weighted by atomic mass is 9.43. The van der Waals surface area contributed by atoms with E-state index in [1.165, 1.54) is 77.0 Å². The van der Waals surface area contributed by atoms with Crippen LogP contribution >= 0.6 is 0 Å². The van der Waals surface area contributed by atoms with Gasteiger partial charge in [0.25, 0.3) is 0 Å². The molecule has 0 aromatic heterocycles. The van der Waals surface area contributed by atoms with E-state index in [4.69, 9.17) is 36.1 Å². The summed E-state index contributed by atoms with van der Waals surface area (Å²) in [4.78, 5) is 0. The molecule has 282 valence electrons. The van der Waals surface area contributed by atoms with Gasteiger partial charge in [0.15, 0.2) is 0 Å². The van der Waals surface area contributed by atoms with E-state index in [1.54, 1.807) is 0 Å². The molecule has 0 aromatic carbocycles. The average molecular weight is 678 g/mol. The predicted octanol–water partition coefficient (Wildman–Crippen LogP) is 7.86. The van der Waals surface area contributed by atoms with Crippen LogP contribution in [0.2, 0.25) is 0 Å². The number of hydrogen-bond donors (Lipinski definition) is 3. The highest BCUT2D eigenvalue weighted by atomic mass is 16.5. The lowest BCUT2D eigenvalue weighted by molar-refractivity contribution is -0.227. The van der Waals surface area contributed by atoms with Crippen LogP contribution in [0.1, 0.15) is 143 Å². The van der Waals surface area contributed by atoms with Crippen LogP contribution in [0.25, 0.3) is 0 Å². The Balaban J connectivity index is 1.46. The molecule has 0 aromatic rings. The van der Waals surface area contributed by atoms with Crippen LogP contribution in [-0.4, -0.2) is 71.0 Å². The predicted molar refractivity (Wildman–Crippen MR) is 199 cm³/mol. The maximum atomic E-state index is 7.02. The van der Waals surface area contributed by atoms with Crippen molar-refractivity contribution in [2.24, 2.45) is 63.5 Å². The minimum absolute atomic E-state index is 0.162. The molecule has 11 atom stereocenters. The third kappa shape index (κ3) is 9.98. The van der Waals surface area contributed by atoms with E-state index in [-0.39, 0.29) is 11.5 Å². The van der Waals surface area contributed by atoms with Gasteiger partial charge in [0.2, 0.25) is 0 Å². The monoisotopic (exact) mass is 678 g/mol. The van der Waals surface area contributed by atoms with Gasteiger partial charge < -0.3 is 36.1 Å². The molecular weight excluding hydrogens is 598 g/mol. The number of nitrogens with two attached hydrogens (primary N) is 3. The van der Waals surface area contributed by atoms with E-state index in [0.29, 0.717) is 72.8 Å². The summed E-state index contributed by atoms with van der Waals surface area (Å²) in [5.41, 5.74) is 18.2. The van der Waals surface area contributed by atoms with Crippen LogP contribution in [-0.2, 0) is 18.9 Å². The average Bonchev–Trinajstić information content (AvgIpc) is 3.44. The van der Waals surface area contributed by atoms with Gasteiger partial charge in [-0.25, -0.2) is 0 Å². The molecule has 7 heteroatoms. The zero-order chi connectivity index (χ0) is 34.4. The second kappa shape index (κ2) is 20.7. The van der Waals surface area contributed by atoms with E-state index in [9.17, 15) is 0 Å². The Morgan fingerprint density at radius 1 is 0.667 bits per heavy atom. The summed E-state index contributed by atoms with van der Waals surface area (Å²) in [6, 6.07) is 0. The quantitative estimate of drug-likeness (QED) is 0.0891. The number of fused-ring (bicyclic) bond motifs is 5. The van der Waals surface area contributed by atoms with Crippen LogP contribution < -0.4 is 17.2 Å². The molecule has 0 spiro atoms. The van der Waals surface area contributed by atoms with Gasteiger partial charge in [-0.15, -0.1) is 0 Å². The fourth-order valence-corrected chi connectivity index (χ4v) is 11.4. The second-order valence-electron chi connectivity index (χ2n) is 17.0. The lowest BCUT2D eigenvalue weighted by Crippen LogP contribution is -2.63. The van der Waals surface area contributed by atoms with Crippen molar-refractivity contribution in [3.8, 4) is 0 Å². The Hall–Kier alpha value is -0.280. The smallest absolute Gasteiger partial charge is 0.0637 e. The van der Waals surface area contributed by atoms with E-state index in [2.05, 4.69) is 27.7 Å². The lowest BCUT2D eigenvalue weighted by Gasteiger charge is -2.65. The first-order valence-electron chi connectivity index (χ1n) is 20.9. The van der Waals surface area contributed by atoms with Gasteiger partial charge >= 0.3 is 0 Å². The molecule has 0 bridgehead atoms. The Labute approximate surface area is 296 Å². The van der Waals surface area contributed by atoms with Crippen molar-refractivity contribution >= 4 is 0 Å². The van der Waals surface area contributed by atoms with E-state index in [0.717, 1.165) is 71.6 Å². The molecule has 4 rings (SSSR count). The number of unbranched alkanes of at least 4 members (excludes halogenated alkanes) is 5. The third-order valence-corrected chi connectivity index (χ3v) is 14.1. The molecule has 4 unspecified atom stereocenters. The fraction of sp³-hybridized carbons (Fsp3) is 1.00. The zero-order valence-electron chi connectivity index (χ0n) is 31.9. The van der Waals surface area contributed by atoms with Crippen LogP contribution in [0.3, 0.4) is 0 Å². The molecule has 7 nitrogen and oxygen atoms in total. The van der Waals surface area contributed by atoms with E-state index < -0.39 is 0 Å². The highest BCUT2D eigenvalue weighted by Gasteiger charge is 2.66. The van der Waals surface area contributed by atoms with Gasteiger partial charge in [-0.1, -0.05) is 59.8 Å². The van der Waals surface area contributed by atoms with Crippen molar-refractivity contribution in [1.29, 1.82) is 0 Å². The van der Waals surface area contributed by atoms with Crippen molar-refractivity contribution in [3.63, 3.8) is 0 Å². The van der Waals surface area contributed by atoms with Crippen LogP contribution in [0.15, 0.2) is 0 Å². The van der Waals surface area contributed by atoms with Crippen molar-refractivity contribution in [3.05, 3.63) is 0 Å². The van der Waals surface area contributed by atoms with Gasteiger partial charge in [0, 0.05) is 38.4 Å². The molecule has 6 N–H and O–H groups in total. The van der Waals surface area contributed by atoms with Crippen LogP contribution in [0.5, 0.6) is 0 Å². The SMILES string of the molecule is CCCCCCCCOCCC[C@@H](C)[C@H]1CC[C@H]2C3[C@H](OCCCN)CC4C[C@H](OCCCN)CCC4(C)[C@H]3C[C@H](OCCCN)C12C. The maximum absolute atomic E-state index is 7.02. The first kappa shape index (κ1) is 40.5. The summed E-state index contributed by atoms with van der Waals surface area (Å²) in [6.07, 6.45) is 22.6. The molecule has 4 aliphatic carbocycles. The van der Waals surface area contributed by atoms with Gasteiger partial charge in [-0.2, -0.15) is 0 Å². The molecule has 0 aliphatic heterocycles. The summed E-state index contributed by atoms with van der Waals surface area (Å²) < 4.78 is 26.5. The Kier molecular flexibility index (Phi) is 17.4. The molecule has 4 saturated carbocycles. The standard InChI is InChI=1S/C41H79N3O4/c1-5-6-7-8-9-10-23-45-24-11-15-31(2)34-16-17-35-39-36(30-38(41(34,35)4)48-27-14-22-44)40(3)19-18-33(46-25-12-20-42)28-32(40)29-37(39)47-26-13-21-43/h31-39H,5-30,42-44H2,1-4H3/t31-,32?,33-,34-,35+,36+,37-,38+,39?,40?,41?/m1/s1. The summed E-state index contributed by atoms with van der Waals surface area (Å²) in [6.45, 7) is 16.4. The second-order valence-corrected chi connectivity index (χ2v) is 17.0. The molecular formula is C41H79N3O4. The number of hydrogen-bond acceptors (Lipinski definition) is 7. The first-order valence-corrected chi connectivity index (χ1v) is 20.9. The Morgan fingerprint density at radius 2 is 1.33 bits per heavy atom. The van der Waals surface area contributed by atoms with Gasteiger partial charge in [0.1, 0.15) is 0 Å². The molecule has 0 heterocycles.